The average Bonchev–Trinajstić information content (AvgIpc) is 3.44. The first-order chi connectivity index (χ1) is 16.5. The van der Waals surface area contributed by atoms with Crippen LogP contribution in [0, 0.1) is 6.92 Å². The van der Waals surface area contributed by atoms with Crippen LogP contribution < -0.4 is 20.7 Å². The molecule has 1 fully saturated rings. The number of carbonyl (C=O) groups excluding carboxylic acids is 1. The van der Waals surface area contributed by atoms with E-state index in [9.17, 15) is 4.79 Å². The van der Waals surface area contributed by atoms with E-state index in [0.29, 0.717) is 24.3 Å². The molecule has 2 atom stereocenters. The zero-order valence-corrected chi connectivity index (χ0v) is 22.3. The number of aromatic nitrogens is 1. The van der Waals surface area contributed by atoms with Gasteiger partial charge in [0.2, 0.25) is 0 Å². The molecule has 1 aliphatic rings. The van der Waals surface area contributed by atoms with Crippen LogP contribution in [0.2, 0.25) is 0 Å². The fraction of sp³-hybridized carbons (Fsp3) is 0.185. The summed E-state index contributed by atoms with van der Waals surface area (Å²) in [7, 11) is 0. The maximum absolute atomic E-state index is 11.6. The SMILES string of the molecule is Cc1cc(C(=O)NNCc2ccccc2)no1.N[C@@H]1C[C@H]1c1ccccc1.[Zn][c]1ccccc1. The molecule has 7 heteroatoms. The number of nitrogens with zero attached hydrogens (tertiary/aromatic N) is 1. The zero-order chi connectivity index (χ0) is 24.2. The van der Waals surface area contributed by atoms with E-state index in [2.05, 4.69) is 64.5 Å². The van der Waals surface area contributed by atoms with Crippen LogP contribution in [-0.4, -0.2) is 17.1 Å². The number of hydrogen-bond acceptors (Lipinski definition) is 5. The van der Waals surface area contributed by atoms with Crippen molar-refractivity contribution >= 4 is 10.1 Å². The fourth-order valence-corrected chi connectivity index (χ4v) is 3.71. The summed E-state index contributed by atoms with van der Waals surface area (Å²) < 4.78 is 6.26. The van der Waals surface area contributed by atoms with Crippen molar-refractivity contribution in [2.24, 2.45) is 5.73 Å². The molecule has 0 radical (unpaired) electrons. The van der Waals surface area contributed by atoms with Crippen LogP contribution in [-0.2, 0) is 24.8 Å². The molecule has 1 aliphatic carbocycles. The van der Waals surface area contributed by atoms with E-state index < -0.39 is 0 Å². The van der Waals surface area contributed by atoms with Gasteiger partial charge < -0.3 is 10.3 Å². The quantitative estimate of drug-likeness (QED) is 0.283. The molecule has 34 heavy (non-hydrogen) atoms. The van der Waals surface area contributed by atoms with Gasteiger partial charge in [-0.15, -0.1) is 0 Å². The van der Waals surface area contributed by atoms with E-state index in [1.54, 1.807) is 13.0 Å². The summed E-state index contributed by atoms with van der Waals surface area (Å²) in [4.78, 5) is 11.6. The van der Waals surface area contributed by atoms with Crippen LogP contribution in [0.1, 0.15) is 39.7 Å². The van der Waals surface area contributed by atoms with E-state index in [4.69, 9.17) is 10.3 Å². The Balaban J connectivity index is 0.000000160. The van der Waals surface area contributed by atoms with E-state index in [-0.39, 0.29) is 11.6 Å². The molecule has 0 unspecified atom stereocenters. The van der Waals surface area contributed by atoms with Gasteiger partial charge in [-0.1, -0.05) is 65.8 Å². The Morgan fingerprint density at radius 1 is 1.00 bits per heavy atom. The van der Waals surface area contributed by atoms with Crippen molar-refractivity contribution in [3.63, 3.8) is 0 Å². The first kappa shape index (κ1) is 25.5. The number of benzene rings is 3. The van der Waals surface area contributed by atoms with Crippen molar-refractivity contribution < 1.29 is 27.6 Å². The Morgan fingerprint density at radius 2 is 1.56 bits per heavy atom. The van der Waals surface area contributed by atoms with Crippen molar-refractivity contribution in [2.75, 3.05) is 0 Å². The molecule has 0 bridgehead atoms. The van der Waals surface area contributed by atoms with Crippen molar-refractivity contribution in [1.82, 2.24) is 16.0 Å². The Labute approximate surface area is 210 Å². The number of nitrogens with one attached hydrogen (secondary N) is 2. The van der Waals surface area contributed by atoms with Gasteiger partial charge in [0.25, 0.3) is 5.91 Å². The first-order valence-electron chi connectivity index (χ1n) is 11.2. The van der Waals surface area contributed by atoms with Crippen LogP contribution in [0.25, 0.3) is 0 Å². The molecule has 0 saturated heterocycles. The molecule has 1 saturated carbocycles. The number of amides is 1. The third kappa shape index (κ3) is 9.02. The molecular weight excluding hydrogens is 478 g/mol. The topological polar surface area (TPSA) is 93.2 Å². The third-order valence-electron chi connectivity index (χ3n) is 5.11. The molecular formula is C27H29N4O2Zn. The van der Waals surface area contributed by atoms with Crippen molar-refractivity contribution in [2.45, 2.75) is 31.8 Å². The monoisotopic (exact) mass is 505 g/mol. The van der Waals surface area contributed by atoms with E-state index in [0.717, 1.165) is 5.56 Å². The predicted octanol–water partition coefficient (Wildman–Crippen LogP) is 3.78. The van der Waals surface area contributed by atoms with Crippen LogP contribution in [0.5, 0.6) is 0 Å². The summed E-state index contributed by atoms with van der Waals surface area (Å²) in [6.07, 6.45) is 1.17. The Bertz CT molecular complexity index is 1120. The normalized spacial score (nSPS) is 15.8. The van der Waals surface area contributed by atoms with Crippen LogP contribution in [0.15, 0.2) is 102 Å². The number of nitrogens with two attached hydrogens (primary N) is 1. The predicted molar refractivity (Wildman–Crippen MR) is 130 cm³/mol. The molecule has 5 rings (SSSR count). The van der Waals surface area contributed by atoms with Gasteiger partial charge in [-0.2, -0.15) is 0 Å². The molecule has 0 spiro atoms. The Hall–Kier alpha value is -3.12. The van der Waals surface area contributed by atoms with E-state index in [1.807, 2.05) is 42.5 Å². The maximum atomic E-state index is 11.6. The third-order valence-corrected chi connectivity index (χ3v) is 6.10. The molecule has 1 aromatic heterocycles. The Morgan fingerprint density at radius 3 is 2.03 bits per heavy atom. The standard InChI is InChI=1S/C12H13N3O2.C9H11N.C6H5.Zn/c1-9-7-11(15-17-9)12(16)14-13-8-10-5-3-2-4-6-10;10-9-6-8(9)7-4-2-1-3-5-7;1-2-4-6-5-3-1;/h2-7,13H,8H2,1H3,(H,14,16);1-5,8-9H,6,10H2;1-5H;/t;8-,9+;;/m.0../s1. The van der Waals surface area contributed by atoms with Gasteiger partial charge in [-0.3, -0.25) is 10.2 Å². The fourth-order valence-electron chi connectivity index (χ4n) is 3.14. The second kappa shape index (κ2) is 13.6. The molecule has 6 nitrogen and oxygen atoms in total. The number of hydrazine groups is 1. The second-order valence-electron chi connectivity index (χ2n) is 8.02. The van der Waals surface area contributed by atoms with Crippen molar-refractivity contribution in [1.29, 1.82) is 0 Å². The van der Waals surface area contributed by atoms with Gasteiger partial charge in [-0.05, 0) is 24.5 Å². The number of carbonyl (C=O) groups is 1. The van der Waals surface area contributed by atoms with Gasteiger partial charge >= 0.3 is 52.8 Å². The summed E-state index contributed by atoms with van der Waals surface area (Å²) in [5.74, 6) is 0.956. The molecule has 1 heterocycles. The molecule has 0 aliphatic heterocycles. The van der Waals surface area contributed by atoms with Gasteiger partial charge in [0.05, 0.1) is 0 Å². The second-order valence-corrected chi connectivity index (χ2v) is 9.73. The molecule has 171 valence electrons. The van der Waals surface area contributed by atoms with Crippen LogP contribution in [0.3, 0.4) is 0 Å². The minimum atomic E-state index is -0.308. The summed E-state index contributed by atoms with van der Waals surface area (Å²) in [6, 6.07) is 32.7. The zero-order valence-electron chi connectivity index (χ0n) is 19.4. The van der Waals surface area contributed by atoms with Crippen molar-refractivity contribution in [3.8, 4) is 0 Å². The number of rotatable bonds is 5. The number of hydrogen-bond donors (Lipinski definition) is 3. The summed E-state index contributed by atoms with van der Waals surface area (Å²) >= 11 is 1.26. The van der Waals surface area contributed by atoms with Gasteiger partial charge in [0, 0.05) is 24.6 Å². The summed E-state index contributed by atoms with van der Waals surface area (Å²) in [6.45, 7) is 2.30. The molecule has 3 aromatic carbocycles. The van der Waals surface area contributed by atoms with E-state index in [1.165, 1.54) is 34.4 Å². The average molecular weight is 507 g/mol. The van der Waals surface area contributed by atoms with Crippen LogP contribution in [0.4, 0.5) is 0 Å². The number of aryl methyl sites for hydroxylation is 1. The van der Waals surface area contributed by atoms with Gasteiger partial charge in [-0.25, -0.2) is 5.43 Å². The first-order valence-corrected chi connectivity index (χ1v) is 12.7. The van der Waals surface area contributed by atoms with Gasteiger partial charge in [0.1, 0.15) is 5.76 Å². The Kier molecular flexibility index (Phi) is 10.2. The van der Waals surface area contributed by atoms with Crippen molar-refractivity contribution in [3.05, 3.63) is 120 Å². The molecule has 4 N–H and O–H groups in total. The van der Waals surface area contributed by atoms with E-state index >= 15 is 0 Å². The minimum absolute atomic E-state index is 0.267. The van der Waals surface area contributed by atoms with Crippen LogP contribution >= 0.6 is 0 Å². The molecule has 1 amide bonds. The summed E-state index contributed by atoms with van der Waals surface area (Å²) in [5.41, 5.74) is 13.8. The molecule has 4 aromatic rings. The summed E-state index contributed by atoms with van der Waals surface area (Å²) in [5, 5.41) is 3.61. The van der Waals surface area contributed by atoms with Gasteiger partial charge in [0.15, 0.2) is 5.69 Å².